The summed E-state index contributed by atoms with van der Waals surface area (Å²) in [6.07, 6.45) is 0. The zero-order chi connectivity index (χ0) is 45.6. The number of para-hydroxylation sites is 1. The highest BCUT2D eigenvalue weighted by molar-refractivity contribution is 7.16. The molecule has 0 spiro atoms. The maximum Gasteiger partial charge on any atom is 0.180 e. The van der Waals surface area contributed by atoms with E-state index in [9.17, 15) is 0 Å². The number of nitrogens with zero attached hydrogens (tertiary/aromatic N) is 2. The Morgan fingerprint density at radius 3 is 1.85 bits per heavy atom. The number of hydrogen-bond donors (Lipinski definition) is 0. The van der Waals surface area contributed by atoms with Crippen molar-refractivity contribution < 1.29 is 9.47 Å². The Morgan fingerprint density at radius 1 is 0.507 bits per heavy atom. The van der Waals surface area contributed by atoms with Crippen molar-refractivity contribution in [2.75, 3.05) is 18.1 Å². The van der Waals surface area contributed by atoms with E-state index in [4.69, 9.17) is 9.47 Å². The number of anilines is 3. The summed E-state index contributed by atoms with van der Waals surface area (Å²) in [6.45, 7) is 14.8. The van der Waals surface area contributed by atoms with Crippen LogP contribution >= 0.6 is 11.3 Å². The van der Waals surface area contributed by atoms with Crippen LogP contribution in [0.15, 0.2) is 182 Å². The van der Waals surface area contributed by atoms with Gasteiger partial charge in [0.15, 0.2) is 11.5 Å². The predicted molar refractivity (Wildman–Crippen MR) is 282 cm³/mol. The highest BCUT2D eigenvalue weighted by Crippen LogP contribution is 2.54. The number of aryl methyl sites for hydroxylation is 1. The quantitative estimate of drug-likeness (QED) is 0.159. The Hall–Kier alpha value is -7.34. The summed E-state index contributed by atoms with van der Waals surface area (Å²) in [5.41, 5.74) is 19.2. The molecule has 1 aliphatic heterocycles. The molecule has 0 bridgehead atoms. The lowest BCUT2D eigenvalue weighted by atomic mass is 9.82. The van der Waals surface area contributed by atoms with E-state index < -0.39 is 0 Å². The Morgan fingerprint density at radius 2 is 1.10 bits per heavy atom. The summed E-state index contributed by atoms with van der Waals surface area (Å²) in [5.74, 6) is 1.78. The van der Waals surface area contributed by atoms with Gasteiger partial charge in [-0.25, -0.2) is 0 Å². The molecule has 4 nitrogen and oxygen atoms in total. The number of ether oxygens (including phenoxy) is 2. The summed E-state index contributed by atoms with van der Waals surface area (Å²) >= 11 is 1.80. The first-order valence-electron chi connectivity index (χ1n) is 23.4. The molecule has 0 atom stereocenters. The Bertz CT molecular complexity index is 3530. The molecule has 12 rings (SSSR count). The lowest BCUT2D eigenvalue weighted by Gasteiger charge is -2.28. The van der Waals surface area contributed by atoms with E-state index in [0.717, 1.165) is 44.7 Å². The Kier molecular flexibility index (Phi) is 9.60. The van der Waals surface area contributed by atoms with Crippen LogP contribution in [-0.4, -0.2) is 17.8 Å². The van der Waals surface area contributed by atoms with Gasteiger partial charge in [0.2, 0.25) is 0 Å². The van der Waals surface area contributed by atoms with Crippen LogP contribution in [-0.2, 0) is 10.8 Å². The Labute approximate surface area is 397 Å². The molecule has 0 fully saturated rings. The first-order valence-corrected chi connectivity index (χ1v) is 24.2. The number of hydrogen-bond acceptors (Lipinski definition) is 4. The van der Waals surface area contributed by atoms with Crippen molar-refractivity contribution >= 4 is 50.2 Å². The molecule has 5 heteroatoms. The maximum atomic E-state index is 6.35. The standard InChI is InChI=1S/C62H52N2O2S/c1-39-34-44(59-57-58(66-33-32-65-57)60(67-59)61(2,3)4)36-48(35-39)64-55-19-13-11-17-51(55)52-37-43(24-31-56(52)64)42-22-27-46(28-23-42)63(45-25-20-41(21-26-45)40-14-8-7-9-15-40)47-29-30-50-49-16-10-12-18-53(49)62(5,6)54(50)38-47/h7-31,34-38H,32-33H2,1-6H3. The summed E-state index contributed by atoms with van der Waals surface area (Å²) in [5, 5.41) is 2.45. The first-order chi connectivity index (χ1) is 32.5. The van der Waals surface area contributed by atoms with E-state index in [0.29, 0.717) is 13.2 Å². The minimum atomic E-state index is -0.109. The van der Waals surface area contributed by atoms with Gasteiger partial charge in [0.05, 0.1) is 20.8 Å². The molecule has 2 aromatic heterocycles. The van der Waals surface area contributed by atoms with Gasteiger partial charge in [-0.3, -0.25) is 0 Å². The lowest BCUT2D eigenvalue weighted by Crippen LogP contribution is -2.18. The van der Waals surface area contributed by atoms with Crippen molar-refractivity contribution in [1.29, 1.82) is 0 Å². The normalized spacial score (nSPS) is 13.8. The van der Waals surface area contributed by atoms with Crippen LogP contribution in [0, 0.1) is 6.92 Å². The highest BCUT2D eigenvalue weighted by Gasteiger charge is 2.36. The molecule has 0 saturated heterocycles. The van der Waals surface area contributed by atoms with Crippen molar-refractivity contribution in [3.8, 4) is 61.0 Å². The second-order valence-corrected chi connectivity index (χ2v) is 20.7. The Balaban J connectivity index is 0.934. The average Bonchev–Trinajstić information content (AvgIpc) is 3.98. The van der Waals surface area contributed by atoms with Gasteiger partial charge in [-0.1, -0.05) is 150 Å². The molecule has 3 heterocycles. The van der Waals surface area contributed by atoms with Gasteiger partial charge < -0.3 is 18.9 Å². The van der Waals surface area contributed by atoms with E-state index >= 15 is 0 Å². The number of rotatable bonds is 7. The van der Waals surface area contributed by atoms with Gasteiger partial charge in [-0.15, -0.1) is 11.3 Å². The molecule has 2 aliphatic rings. The van der Waals surface area contributed by atoms with Crippen molar-refractivity contribution in [2.24, 2.45) is 0 Å². The van der Waals surface area contributed by atoms with Crippen LogP contribution in [0.5, 0.6) is 11.5 Å². The second kappa shape index (κ2) is 15.6. The fraction of sp³-hybridized carbons (Fsp3) is 0.161. The van der Waals surface area contributed by atoms with Crippen molar-refractivity contribution in [3.63, 3.8) is 0 Å². The van der Waals surface area contributed by atoms with E-state index in [-0.39, 0.29) is 10.8 Å². The van der Waals surface area contributed by atoms with E-state index in [2.05, 4.69) is 233 Å². The van der Waals surface area contributed by atoms with Crippen LogP contribution < -0.4 is 14.4 Å². The summed E-state index contributed by atoms with van der Waals surface area (Å²) in [6, 6.07) is 67.2. The minimum Gasteiger partial charge on any atom is -0.485 e. The minimum absolute atomic E-state index is 0.0627. The van der Waals surface area contributed by atoms with Gasteiger partial charge in [-0.2, -0.15) is 0 Å². The molecule has 328 valence electrons. The molecule has 67 heavy (non-hydrogen) atoms. The molecule has 10 aromatic rings. The molecule has 1 aliphatic carbocycles. The third kappa shape index (κ3) is 6.86. The zero-order valence-corrected chi connectivity index (χ0v) is 39.7. The lowest BCUT2D eigenvalue weighted by molar-refractivity contribution is 0.171. The fourth-order valence-corrected chi connectivity index (χ4v) is 11.8. The van der Waals surface area contributed by atoms with Crippen molar-refractivity contribution in [1.82, 2.24) is 4.57 Å². The summed E-state index contributed by atoms with van der Waals surface area (Å²) in [7, 11) is 0. The van der Waals surface area contributed by atoms with Crippen LogP contribution in [0.1, 0.15) is 56.2 Å². The summed E-state index contributed by atoms with van der Waals surface area (Å²) in [4.78, 5) is 4.76. The topological polar surface area (TPSA) is 26.6 Å². The maximum absolute atomic E-state index is 6.35. The largest absolute Gasteiger partial charge is 0.485 e. The average molecular weight is 889 g/mol. The summed E-state index contributed by atoms with van der Waals surface area (Å²) < 4.78 is 15.0. The second-order valence-electron chi connectivity index (χ2n) is 19.7. The molecule has 8 aromatic carbocycles. The van der Waals surface area contributed by atoms with Gasteiger partial charge in [-0.05, 0) is 129 Å². The highest BCUT2D eigenvalue weighted by atomic mass is 32.1. The van der Waals surface area contributed by atoms with Crippen LogP contribution in [0.3, 0.4) is 0 Å². The predicted octanol–water partition coefficient (Wildman–Crippen LogP) is 17.0. The van der Waals surface area contributed by atoms with Crippen LogP contribution in [0.25, 0.3) is 71.3 Å². The smallest absolute Gasteiger partial charge is 0.180 e. The van der Waals surface area contributed by atoms with Crippen LogP contribution in [0.4, 0.5) is 17.1 Å². The molecule has 0 amide bonds. The SMILES string of the molecule is Cc1cc(-c2sc(C(C)(C)C)c3c2OCCO3)cc(-n2c3ccccc3c3cc(-c4ccc(N(c5ccc(-c6ccccc6)cc5)c5ccc6c(c5)C(C)(C)c5ccccc5-6)cc4)ccc32)c1. The third-order valence-electron chi connectivity index (χ3n) is 13.9. The zero-order valence-electron chi connectivity index (χ0n) is 38.9. The number of thiophene rings is 1. The van der Waals surface area contributed by atoms with Crippen molar-refractivity contribution in [2.45, 2.75) is 52.4 Å². The van der Waals surface area contributed by atoms with Gasteiger partial charge in [0.1, 0.15) is 13.2 Å². The monoisotopic (exact) mass is 888 g/mol. The van der Waals surface area contributed by atoms with Crippen molar-refractivity contribution in [3.05, 3.63) is 204 Å². The molecular weight excluding hydrogens is 837 g/mol. The molecule has 0 radical (unpaired) electrons. The van der Waals surface area contributed by atoms with Crippen LogP contribution in [0.2, 0.25) is 0 Å². The first kappa shape index (κ1) is 41.1. The molecule has 0 saturated carbocycles. The van der Waals surface area contributed by atoms with E-state index in [1.807, 2.05) is 0 Å². The number of aromatic nitrogens is 1. The van der Waals surface area contributed by atoms with E-state index in [1.165, 1.54) is 76.8 Å². The van der Waals surface area contributed by atoms with Gasteiger partial charge >= 0.3 is 0 Å². The van der Waals surface area contributed by atoms with Gasteiger partial charge in [0, 0.05) is 44.4 Å². The van der Waals surface area contributed by atoms with E-state index in [1.54, 1.807) is 11.3 Å². The molecule has 0 unspecified atom stereocenters. The van der Waals surface area contributed by atoms with Gasteiger partial charge in [0.25, 0.3) is 0 Å². The molecular formula is C62H52N2O2S. The molecule has 0 N–H and O–H groups in total. The third-order valence-corrected chi connectivity index (χ3v) is 15.5. The number of fused-ring (bicyclic) bond motifs is 7. The number of benzene rings is 8. The fourth-order valence-electron chi connectivity index (χ4n) is 10.6.